The Labute approximate surface area is 147 Å². The highest BCUT2D eigenvalue weighted by molar-refractivity contribution is 5.74. The highest BCUT2D eigenvalue weighted by atomic mass is 19.3. The van der Waals surface area contributed by atoms with Crippen LogP contribution in [0.5, 0.6) is 5.75 Å². The minimum atomic E-state index is -2.89. The van der Waals surface area contributed by atoms with E-state index in [1.165, 1.54) is 18.5 Å². The van der Waals surface area contributed by atoms with Gasteiger partial charge in [0, 0.05) is 0 Å². The van der Waals surface area contributed by atoms with E-state index in [9.17, 15) is 13.6 Å². The van der Waals surface area contributed by atoms with E-state index in [-0.39, 0.29) is 29.3 Å². The van der Waals surface area contributed by atoms with Crippen LogP contribution in [-0.2, 0) is 12.1 Å². The van der Waals surface area contributed by atoms with Crippen molar-refractivity contribution in [3.8, 4) is 5.75 Å². The molecule has 0 amide bonds. The van der Waals surface area contributed by atoms with Gasteiger partial charge in [-0.25, -0.2) is 4.68 Å². The molecule has 138 valence electrons. The van der Waals surface area contributed by atoms with Crippen LogP contribution in [0.3, 0.4) is 0 Å². The number of ether oxygens (including phenoxy) is 1. The predicted octanol–water partition coefficient (Wildman–Crippen LogP) is 2.48. The molecule has 0 unspecified atom stereocenters. The fourth-order valence-corrected chi connectivity index (χ4v) is 2.36. The van der Waals surface area contributed by atoms with Crippen LogP contribution in [0.15, 0.2) is 29.3 Å². The zero-order valence-electron chi connectivity index (χ0n) is 14.5. The molecule has 3 rings (SSSR count). The third kappa shape index (κ3) is 3.79. The molecule has 0 aliphatic heterocycles. The summed E-state index contributed by atoms with van der Waals surface area (Å²) in [4.78, 5) is 23.3. The summed E-state index contributed by atoms with van der Waals surface area (Å²) in [7, 11) is 0. The molecular weight excluding hydrogens is 346 g/mol. The van der Waals surface area contributed by atoms with Gasteiger partial charge in [-0.3, -0.25) is 14.8 Å². The molecular formula is C16H18F2N6O2. The fraction of sp³-hybridized carbons (Fsp3) is 0.375. The van der Waals surface area contributed by atoms with E-state index in [1.54, 1.807) is 10.7 Å². The van der Waals surface area contributed by atoms with E-state index < -0.39 is 6.61 Å². The van der Waals surface area contributed by atoms with Gasteiger partial charge in [-0.1, -0.05) is 0 Å². The van der Waals surface area contributed by atoms with Crippen molar-refractivity contribution in [2.45, 2.75) is 39.5 Å². The van der Waals surface area contributed by atoms with Crippen LogP contribution < -0.4 is 15.6 Å². The van der Waals surface area contributed by atoms with Gasteiger partial charge >= 0.3 is 6.61 Å². The molecule has 0 saturated heterocycles. The summed E-state index contributed by atoms with van der Waals surface area (Å²) in [5, 5.41) is 7.60. The lowest BCUT2D eigenvalue weighted by atomic mass is 10.1. The number of hydrogen-bond acceptors (Lipinski definition) is 6. The zero-order valence-corrected chi connectivity index (χ0v) is 14.5. The first-order valence-corrected chi connectivity index (χ1v) is 7.86. The monoisotopic (exact) mass is 364 g/mol. The summed E-state index contributed by atoms with van der Waals surface area (Å²) in [5.74, 6) is 0.244. The van der Waals surface area contributed by atoms with Crippen molar-refractivity contribution < 1.29 is 13.5 Å². The maximum atomic E-state index is 12.2. The number of hydrogen-bond donors (Lipinski definition) is 2. The number of aromatic nitrogens is 5. The molecule has 3 heterocycles. The smallest absolute Gasteiger partial charge is 0.387 e. The van der Waals surface area contributed by atoms with Crippen LogP contribution in [-0.4, -0.2) is 31.3 Å². The average Bonchev–Trinajstić information content (AvgIpc) is 2.98. The summed E-state index contributed by atoms with van der Waals surface area (Å²) in [5.41, 5.74) is 0.403. The molecule has 8 nitrogen and oxygen atoms in total. The van der Waals surface area contributed by atoms with Crippen LogP contribution in [0.4, 0.5) is 14.7 Å². The van der Waals surface area contributed by atoms with Crippen LogP contribution in [0.1, 0.15) is 26.5 Å². The number of nitrogens with zero attached hydrogens (tertiary/aromatic N) is 4. The van der Waals surface area contributed by atoms with Gasteiger partial charge in [0.25, 0.3) is 5.56 Å². The molecule has 0 bridgehead atoms. The van der Waals surface area contributed by atoms with Gasteiger partial charge in [0.15, 0.2) is 5.65 Å². The minimum absolute atomic E-state index is 0.0224. The second-order valence-electron chi connectivity index (χ2n) is 6.60. The molecule has 0 spiro atoms. The summed E-state index contributed by atoms with van der Waals surface area (Å²) in [6.45, 7) is 3.23. The number of H-pyrrole nitrogens is 1. The molecule has 0 atom stereocenters. The Morgan fingerprint density at radius 3 is 2.69 bits per heavy atom. The molecule has 0 aliphatic rings. The van der Waals surface area contributed by atoms with E-state index >= 15 is 0 Å². The largest absolute Gasteiger partial charge is 0.433 e. The molecule has 0 aromatic carbocycles. The van der Waals surface area contributed by atoms with Crippen molar-refractivity contribution in [2.75, 3.05) is 5.32 Å². The van der Waals surface area contributed by atoms with Crippen molar-refractivity contribution in [2.24, 2.45) is 0 Å². The Bertz CT molecular complexity index is 960. The van der Waals surface area contributed by atoms with Gasteiger partial charge in [-0.2, -0.15) is 18.9 Å². The van der Waals surface area contributed by atoms with E-state index in [0.717, 1.165) is 0 Å². The number of rotatable bonds is 5. The summed E-state index contributed by atoms with van der Waals surface area (Å²) < 4.78 is 30.2. The highest BCUT2D eigenvalue weighted by Crippen LogP contribution is 2.19. The highest BCUT2D eigenvalue weighted by Gasteiger charge is 2.19. The number of pyridine rings is 1. The average molecular weight is 364 g/mol. The van der Waals surface area contributed by atoms with Crippen molar-refractivity contribution in [3.63, 3.8) is 0 Å². The second kappa shape index (κ2) is 6.70. The van der Waals surface area contributed by atoms with Gasteiger partial charge < -0.3 is 10.1 Å². The molecule has 0 saturated carbocycles. The van der Waals surface area contributed by atoms with E-state index in [1.807, 2.05) is 20.8 Å². The van der Waals surface area contributed by atoms with Crippen molar-refractivity contribution in [1.29, 1.82) is 0 Å². The summed E-state index contributed by atoms with van der Waals surface area (Å²) in [6, 6.07) is 2.94. The molecule has 0 fully saturated rings. The van der Waals surface area contributed by atoms with E-state index in [2.05, 4.69) is 30.1 Å². The molecule has 3 aromatic heterocycles. The number of alkyl halides is 2. The molecule has 0 radical (unpaired) electrons. The maximum absolute atomic E-state index is 12.2. The SMILES string of the molecule is CC(C)(C)n1ncc2c(=O)[nH]c(NCc3ccc(OC(F)F)cn3)nc21. The first-order chi connectivity index (χ1) is 12.2. The fourth-order valence-electron chi connectivity index (χ4n) is 2.36. The number of fused-ring (bicyclic) bond motifs is 1. The van der Waals surface area contributed by atoms with Crippen LogP contribution in [0, 0.1) is 0 Å². The Balaban J connectivity index is 1.80. The maximum Gasteiger partial charge on any atom is 0.387 e. The molecule has 26 heavy (non-hydrogen) atoms. The van der Waals surface area contributed by atoms with Gasteiger partial charge in [0.2, 0.25) is 5.95 Å². The summed E-state index contributed by atoms with van der Waals surface area (Å²) in [6.07, 6.45) is 2.69. The third-order valence-corrected chi connectivity index (χ3v) is 3.53. The van der Waals surface area contributed by atoms with Gasteiger partial charge in [0.05, 0.1) is 30.2 Å². The normalized spacial score (nSPS) is 11.9. The quantitative estimate of drug-likeness (QED) is 0.722. The number of anilines is 1. The molecule has 0 aliphatic carbocycles. The summed E-state index contributed by atoms with van der Waals surface area (Å²) >= 11 is 0. The van der Waals surface area contributed by atoms with E-state index in [0.29, 0.717) is 16.7 Å². The lowest BCUT2D eigenvalue weighted by molar-refractivity contribution is -0.0500. The zero-order chi connectivity index (χ0) is 18.9. The van der Waals surface area contributed by atoms with Crippen LogP contribution in [0.25, 0.3) is 11.0 Å². The first-order valence-electron chi connectivity index (χ1n) is 7.86. The number of halogens is 2. The van der Waals surface area contributed by atoms with Crippen LogP contribution >= 0.6 is 0 Å². The Kier molecular flexibility index (Phi) is 4.58. The van der Waals surface area contributed by atoms with Gasteiger partial charge in [0.1, 0.15) is 11.1 Å². The van der Waals surface area contributed by atoms with Crippen LogP contribution in [0.2, 0.25) is 0 Å². The third-order valence-electron chi connectivity index (χ3n) is 3.53. The molecule has 3 aromatic rings. The van der Waals surface area contributed by atoms with Crippen molar-refractivity contribution >= 4 is 17.0 Å². The molecule has 2 N–H and O–H groups in total. The standard InChI is InChI=1S/C16H18F2N6O2/c1-16(2,3)24-12-11(8-21-24)13(25)23-15(22-12)20-6-9-4-5-10(7-19-9)26-14(17)18/h4-5,7-8,14H,6H2,1-3H3,(H2,20,22,23,25). The second-order valence-corrected chi connectivity index (χ2v) is 6.60. The van der Waals surface area contributed by atoms with Gasteiger partial charge in [-0.05, 0) is 32.9 Å². The topological polar surface area (TPSA) is 97.7 Å². The Morgan fingerprint density at radius 1 is 1.31 bits per heavy atom. The minimum Gasteiger partial charge on any atom is -0.433 e. The lowest BCUT2D eigenvalue weighted by Crippen LogP contribution is -2.24. The number of aromatic amines is 1. The van der Waals surface area contributed by atoms with Crippen molar-refractivity contribution in [3.05, 3.63) is 40.6 Å². The van der Waals surface area contributed by atoms with E-state index in [4.69, 9.17) is 0 Å². The van der Waals surface area contributed by atoms with Crippen molar-refractivity contribution in [1.82, 2.24) is 24.7 Å². The Morgan fingerprint density at radius 2 is 2.08 bits per heavy atom. The van der Waals surface area contributed by atoms with Gasteiger partial charge in [-0.15, -0.1) is 0 Å². The molecule has 10 heteroatoms. The lowest BCUT2D eigenvalue weighted by Gasteiger charge is -2.19. The number of nitrogens with one attached hydrogen (secondary N) is 2. The Hall–Kier alpha value is -3.04. The predicted molar refractivity (Wildman–Crippen MR) is 91.3 cm³/mol. The first kappa shape index (κ1) is 17.8.